The van der Waals surface area contributed by atoms with Gasteiger partial charge in [0.1, 0.15) is 5.58 Å². The number of hydrogen-bond donors (Lipinski definition) is 1. The summed E-state index contributed by atoms with van der Waals surface area (Å²) in [5, 5.41) is 2.89. The zero-order valence-electron chi connectivity index (χ0n) is 21.0. The molecule has 6 nitrogen and oxygen atoms in total. The van der Waals surface area contributed by atoms with Gasteiger partial charge in [0, 0.05) is 33.1 Å². The molecule has 4 rings (SSSR count). The minimum Gasteiger partial charge on any atom is -0.466 e. The monoisotopic (exact) mass is 589 g/mol. The Balaban J connectivity index is 1.84. The third-order valence-electron chi connectivity index (χ3n) is 5.97. The molecular formula is C29H20Cl2F3NO5. The topological polar surface area (TPSA) is 85.6 Å². The van der Waals surface area contributed by atoms with Gasteiger partial charge in [0.2, 0.25) is 5.91 Å². The van der Waals surface area contributed by atoms with E-state index in [0.717, 1.165) is 6.07 Å². The van der Waals surface area contributed by atoms with Gasteiger partial charge in [-0.2, -0.15) is 13.2 Å². The summed E-state index contributed by atoms with van der Waals surface area (Å²) < 4.78 is 50.7. The molecule has 1 amide bonds. The molecule has 0 spiro atoms. The number of amides is 1. The Morgan fingerprint density at radius 2 is 1.82 bits per heavy atom. The third kappa shape index (κ3) is 6.38. The van der Waals surface area contributed by atoms with Gasteiger partial charge < -0.3 is 14.5 Å². The molecule has 1 aromatic heterocycles. The molecule has 0 radical (unpaired) electrons. The minimum absolute atomic E-state index is 0.0802. The highest BCUT2D eigenvalue weighted by atomic mass is 35.5. The van der Waals surface area contributed by atoms with Crippen molar-refractivity contribution in [2.75, 3.05) is 12.4 Å². The zero-order valence-corrected chi connectivity index (χ0v) is 22.5. The maximum atomic E-state index is 13.6. The van der Waals surface area contributed by atoms with Crippen LogP contribution in [0.2, 0.25) is 10.0 Å². The predicted octanol–water partition coefficient (Wildman–Crippen LogP) is 7.46. The highest BCUT2D eigenvalue weighted by Gasteiger charge is 2.34. The van der Waals surface area contributed by atoms with Crippen molar-refractivity contribution < 1.29 is 31.9 Å². The Morgan fingerprint density at radius 1 is 1.07 bits per heavy atom. The number of aryl methyl sites for hydroxylation is 1. The lowest BCUT2D eigenvalue weighted by atomic mass is 9.93. The number of anilines is 1. The number of carbonyl (C=O) groups is 2. The van der Waals surface area contributed by atoms with E-state index in [-0.39, 0.29) is 16.2 Å². The van der Waals surface area contributed by atoms with Gasteiger partial charge in [-0.05, 0) is 60.0 Å². The van der Waals surface area contributed by atoms with Crippen LogP contribution >= 0.6 is 23.2 Å². The largest absolute Gasteiger partial charge is 0.466 e. The van der Waals surface area contributed by atoms with Crippen LogP contribution in [0.1, 0.15) is 22.3 Å². The quantitative estimate of drug-likeness (QED) is 0.143. The molecule has 1 N–H and O–H groups in total. The van der Waals surface area contributed by atoms with Gasteiger partial charge in [0.15, 0.2) is 0 Å². The van der Waals surface area contributed by atoms with Gasteiger partial charge in [-0.3, -0.25) is 4.79 Å². The van der Waals surface area contributed by atoms with Gasteiger partial charge in [-0.1, -0.05) is 41.4 Å². The van der Waals surface area contributed by atoms with Crippen molar-refractivity contribution in [2.45, 2.75) is 19.5 Å². The molecule has 40 heavy (non-hydrogen) atoms. The van der Waals surface area contributed by atoms with E-state index in [1.807, 2.05) is 0 Å². The number of hydrogen-bond acceptors (Lipinski definition) is 5. The molecule has 0 fully saturated rings. The smallest absolute Gasteiger partial charge is 0.418 e. The lowest BCUT2D eigenvalue weighted by molar-refractivity contribution is -0.137. The van der Waals surface area contributed by atoms with Crippen molar-refractivity contribution in [2.24, 2.45) is 0 Å². The number of benzene rings is 3. The maximum absolute atomic E-state index is 13.6. The fourth-order valence-electron chi connectivity index (χ4n) is 4.10. The highest BCUT2D eigenvalue weighted by molar-refractivity contribution is 6.32. The van der Waals surface area contributed by atoms with Gasteiger partial charge in [-0.25, -0.2) is 9.59 Å². The molecule has 0 aliphatic rings. The Labute approximate surface area is 236 Å². The zero-order chi connectivity index (χ0) is 29.2. The van der Waals surface area contributed by atoms with Crippen molar-refractivity contribution >= 4 is 57.8 Å². The highest BCUT2D eigenvalue weighted by Crippen LogP contribution is 2.37. The van der Waals surface area contributed by atoms with E-state index in [1.165, 1.54) is 31.4 Å². The first-order valence-electron chi connectivity index (χ1n) is 11.7. The molecule has 0 unspecified atom stereocenters. The molecule has 0 saturated heterocycles. The van der Waals surface area contributed by atoms with Crippen molar-refractivity contribution in [1.29, 1.82) is 0 Å². The Bertz CT molecular complexity index is 1730. The fraction of sp³-hybridized carbons (Fsp3) is 0.138. The van der Waals surface area contributed by atoms with Crippen molar-refractivity contribution in [3.8, 4) is 11.1 Å². The summed E-state index contributed by atoms with van der Waals surface area (Å²) in [6.45, 7) is 1.75. The average Bonchev–Trinajstić information content (AvgIpc) is 2.89. The standard InChI is InChI=1S/C29H20Cl2F3NO5/c1-15-10-19-24(14-22(15)31)40-28(38)20(27(19)17-5-3-4-16(11-17)6-9-26(37)39-2)13-25(36)35-23-8-7-18(30)12-21(23)29(32,33)34/h3-12,14H,13H2,1-2H3,(H,35,36). The Morgan fingerprint density at radius 3 is 2.52 bits per heavy atom. The molecule has 3 aromatic carbocycles. The summed E-state index contributed by atoms with van der Waals surface area (Å²) in [5.41, 5.74) is -0.339. The number of methoxy groups -OCH3 is 1. The van der Waals surface area contributed by atoms with Crippen LogP contribution in [-0.2, 0) is 26.9 Å². The van der Waals surface area contributed by atoms with E-state index in [1.54, 1.807) is 37.3 Å². The summed E-state index contributed by atoms with van der Waals surface area (Å²) >= 11 is 12.0. The molecule has 0 saturated carbocycles. The molecular weight excluding hydrogens is 570 g/mol. The Kier molecular flexibility index (Phi) is 8.37. The molecule has 0 bridgehead atoms. The van der Waals surface area contributed by atoms with Crippen molar-refractivity contribution in [3.63, 3.8) is 0 Å². The van der Waals surface area contributed by atoms with E-state index in [2.05, 4.69) is 10.1 Å². The van der Waals surface area contributed by atoms with Crippen LogP contribution < -0.4 is 10.9 Å². The number of nitrogens with one attached hydrogen (secondary N) is 1. The van der Waals surface area contributed by atoms with Crippen LogP contribution in [-0.4, -0.2) is 19.0 Å². The number of halogens is 5. The van der Waals surface area contributed by atoms with Crippen LogP contribution in [0.3, 0.4) is 0 Å². The third-order valence-corrected chi connectivity index (χ3v) is 6.61. The van der Waals surface area contributed by atoms with E-state index < -0.39 is 41.4 Å². The second-order valence-electron chi connectivity index (χ2n) is 8.74. The first-order valence-corrected chi connectivity index (χ1v) is 12.4. The summed E-state index contributed by atoms with van der Waals surface area (Å²) in [6.07, 6.45) is -2.65. The number of esters is 1. The molecule has 0 atom stereocenters. The van der Waals surface area contributed by atoms with E-state index in [4.69, 9.17) is 27.6 Å². The second-order valence-corrected chi connectivity index (χ2v) is 9.58. The van der Waals surface area contributed by atoms with Crippen molar-refractivity contribution in [3.05, 3.63) is 103 Å². The normalized spacial score (nSPS) is 11.7. The Hall–Kier alpha value is -4.08. The van der Waals surface area contributed by atoms with Crippen LogP contribution in [0.4, 0.5) is 18.9 Å². The van der Waals surface area contributed by atoms with Crippen molar-refractivity contribution in [1.82, 2.24) is 0 Å². The van der Waals surface area contributed by atoms with Gasteiger partial charge in [-0.15, -0.1) is 0 Å². The minimum atomic E-state index is -4.78. The number of rotatable bonds is 6. The molecule has 4 aromatic rings. The van der Waals surface area contributed by atoms with Crippen LogP contribution in [0, 0.1) is 6.92 Å². The fourth-order valence-corrected chi connectivity index (χ4v) is 4.43. The molecule has 206 valence electrons. The summed E-state index contributed by atoms with van der Waals surface area (Å²) in [7, 11) is 1.24. The number of ether oxygens (including phenoxy) is 1. The van der Waals surface area contributed by atoms with Gasteiger partial charge >= 0.3 is 17.8 Å². The lowest BCUT2D eigenvalue weighted by Crippen LogP contribution is -2.22. The van der Waals surface area contributed by atoms with E-state index >= 15 is 0 Å². The molecule has 11 heteroatoms. The predicted molar refractivity (Wildman–Crippen MR) is 148 cm³/mol. The SMILES string of the molecule is COC(=O)C=Cc1cccc(-c2c(CC(=O)Nc3ccc(Cl)cc3C(F)(F)F)c(=O)oc3cc(Cl)c(C)cc23)c1. The van der Waals surface area contributed by atoms with Gasteiger partial charge in [0.05, 0.1) is 30.3 Å². The maximum Gasteiger partial charge on any atom is 0.418 e. The lowest BCUT2D eigenvalue weighted by Gasteiger charge is -2.16. The average molecular weight is 590 g/mol. The summed E-state index contributed by atoms with van der Waals surface area (Å²) in [5.74, 6) is -1.45. The molecule has 0 aliphatic heterocycles. The second kappa shape index (κ2) is 11.6. The van der Waals surface area contributed by atoms with Gasteiger partial charge in [0.25, 0.3) is 0 Å². The first-order chi connectivity index (χ1) is 18.9. The molecule has 0 aliphatic carbocycles. The molecule has 1 heterocycles. The number of alkyl halides is 3. The first kappa shape index (κ1) is 28.9. The van der Waals surface area contributed by atoms with E-state index in [0.29, 0.717) is 38.7 Å². The van der Waals surface area contributed by atoms with E-state index in [9.17, 15) is 27.6 Å². The van der Waals surface area contributed by atoms with Crippen LogP contribution in [0.25, 0.3) is 28.2 Å². The summed E-state index contributed by atoms with van der Waals surface area (Å²) in [6, 6.07) is 12.9. The summed E-state index contributed by atoms with van der Waals surface area (Å²) in [4.78, 5) is 37.8. The van der Waals surface area contributed by atoms with Crippen LogP contribution in [0.15, 0.2) is 69.9 Å². The number of carbonyl (C=O) groups excluding carboxylic acids is 2. The number of fused-ring (bicyclic) bond motifs is 1. The van der Waals surface area contributed by atoms with Crippen LogP contribution in [0.5, 0.6) is 0 Å².